The largest absolute Gasteiger partial charge is 0.472 e. The van der Waals surface area contributed by atoms with E-state index in [1.165, 1.54) is 10.9 Å². The van der Waals surface area contributed by atoms with Gasteiger partial charge in [0, 0.05) is 10.0 Å². The maximum absolute atomic E-state index is 12.5. The molecule has 0 bridgehead atoms. The zero-order valence-corrected chi connectivity index (χ0v) is 16.1. The van der Waals surface area contributed by atoms with Crippen molar-refractivity contribution >= 4 is 39.1 Å². The molecule has 3 rings (SSSR count). The predicted molar refractivity (Wildman–Crippen MR) is 103 cm³/mol. The number of aromatic nitrogens is 2. The number of hydrogen-bond acceptors (Lipinski definition) is 3. The zero-order valence-electron chi connectivity index (χ0n) is 13.0. The average Bonchev–Trinajstić information content (AvgIpc) is 2.61. The minimum absolute atomic E-state index is 0.212. The van der Waals surface area contributed by atoms with Crippen LogP contribution in [0.1, 0.15) is 11.1 Å². The van der Waals surface area contributed by atoms with Crippen LogP contribution in [0.5, 0.6) is 5.88 Å². The molecule has 0 spiro atoms. The van der Waals surface area contributed by atoms with Crippen molar-refractivity contribution in [2.45, 2.75) is 13.2 Å². The van der Waals surface area contributed by atoms with Crippen molar-refractivity contribution in [1.29, 1.82) is 0 Å². The van der Waals surface area contributed by atoms with Gasteiger partial charge in [0.05, 0.1) is 6.54 Å². The summed E-state index contributed by atoms with van der Waals surface area (Å²) >= 11 is 15.0. The summed E-state index contributed by atoms with van der Waals surface area (Å²) in [6.07, 6.45) is 1.47. The first-order valence-electron chi connectivity index (χ1n) is 7.39. The van der Waals surface area contributed by atoms with Crippen LogP contribution in [0.15, 0.2) is 64.1 Å². The molecule has 25 heavy (non-hydrogen) atoms. The van der Waals surface area contributed by atoms with Crippen LogP contribution in [0.4, 0.5) is 0 Å². The number of ether oxygens (including phenoxy) is 1. The van der Waals surface area contributed by atoms with Gasteiger partial charge in [0.1, 0.15) is 17.4 Å². The zero-order chi connectivity index (χ0) is 17.8. The molecule has 4 nitrogen and oxygen atoms in total. The molecule has 0 aliphatic rings. The Hall–Kier alpha value is -1.82. The molecule has 0 saturated heterocycles. The van der Waals surface area contributed by atoms with Crippen LogP contribution in [0, 0.1) is 0 Å². The van der Waals surface area contributed by atoms with Crippen LogP contribution in [0.25, 0.3) is 0 Å². The normalized spacial score (nSPS) is 10.7. The Balaban J connectivity index is 1.74. The second-order valence-corrected chi connectivity index (χ2v) is 7.00. The smallest absolute Gasteiger partial charge is 0.271 e. The van der Waals surface area contributed by atoms with E-state index >= 15 is 0 Å². The van der Waals surface area contributed by atoms with Crippen LogP contribution < -0.4 is 10.3 Å². The molecule has 0 N–H and O–H groups in total. The Bertz CT molecular complexity index is 925. The average molecular weight is 440 g/mol. The van der Waals surface area contributed by atoms with Gasteiger partial charge in [0.15, 0.2) is 0 Å². The fraction of sp³-hybridized carbons (Fsp3) is 0.111. The summed E-state index contributed by atoms with van der Waals surface area (Å²) in [5.74, 6) is 0.257. The van der Waals surface area contributed by atoms with E-state index in [1.54, 1.807) is 24.3 Å². The summed E-state index contributed by atoms with van der Waals surface area (Å²) in [6, 6.07) is 14.6. The lowest BCUT2D eigenvalue weighted by Crippen LogP contribution is -2.22. The van der Waals surface area contributed by atoms with E-state index in [9.17, 15) is 4.79 Å². The van der Waals surface area contributed by atoms with Crippen molar-refractivity contribution in [3.63, 3.8) is 0 Å². The van der Waals surface area contributed by atoms with E-state index < -0.39 is 0 Å². The molecule has 0 saturated carbocycles. The highest BCUT2D eigenvalue weighted by Crippen LogP contribution is 2.19. The van der Waals surface area contributed by atoms with E-state index in [1.807, 2.05) is 24.3 Å². The fourth-order valence-electron chi connectivity index (χ4n) is 2.18. The van der Waals surface area contributed by atoms with E-state index in [0.717, 1.165) is 11.1 Å². The van der Waals surface area contributed by atoms with Gasteiger partial charge in [-0.3, -0.25) is 9.36 Å². The van der Waals surface area contributed by atoms with Crippen molar-refractivity contribution in [3.8, 4) is 5.88 Å². The van der Waals surface area contributed by atoms with Crippen molar-refractivity contribution in [2.24, 2.45) is 0 Å². The Labute approximate surface area is 163 Å². The van der Waals surface area contributed by atoms with Crippen molar-refractivity contribution in [2.75, 3.05) is 0 Å². The molecule has 1 aromatic heterocycles. The summed E-state index contributed by atoms with van der Waals surface area (Å²) in [6.45, 7) is 0.697. The Kier molecular flexibility index (Phi) is 5.78. The first-order valence-corrected chi connectivity index (χ1v) is 8.94. The summed E-state index contributed by atoms with van der Waals surface area (Å²) in [4.78, 5) is 16.7. The molecule has 0 fully saturated rings. The van der Waals surface area contributed by atoms with Gasteiger partial charge in [-0.2, -0.15) is 0 Å². The third-order valence-electron chi connectivity index (χ3n) is 3.51. The Morgan fingerprint density at radius 3 is 2.12 bits per heavy atom. The molecule has 128 valence electrons. The topological polar surface area (TPSA) is 44.1 Å². The minimum Gasteiger partial charge on any atom is -0.472 e. The van der Waals surface area contributed by atoms with Crippen molar-refractivity contribution in [3.05, 3.63) is 90.9 Å². The van der Waals surface area contributed by atoms with Gasteiger partial charge in [0.2, 0.25) is 5.88 Å². The van der Waals surface area contributed by atoms with Gasteiger partial charge in [-0.15, -0.1) is 0 Å². The Morgan fingerprint density at radius 1 is 0.960 bits per heavy atom. The van der Waals surface area contributed by atoms with E-state index in [-0.39, 0.29) is 15.9 Å². The monoisotopic (exact) mass is 438 g/mol. The lowest BCUT2D eigenvalue weighted by molar-refractivity contribution is 0.289. The van der Waals surface area contributed by atoms with Crippen molar-refractivity contribution < 1.29 is 4.74 Å². The fourth-order valence-corrected chi connectivity index (χ4v) is 2.88. The van der Waals surface area contributed by atoms with Gasteiger partial charge in [-0.25, -0.2) is 4.98 Å². The highest BCUT2D eigenvalue weighted by atomic mass is 79.9. The van der Waals surface area contributed by atoms with Crippen LogP contribution in [-0.2, 0) is 13.2 Å². The Morgan fingerprint density at radius 2 is 1.52 bits per heavy atom. The highest BCUT2D eigenvalue weighted by molar-refractivity contribution is 9.10. The molecule has 0 aliphatic carbocycles. The molecule has 3 aromatic rings. The highest BCUT2D eigenvalue weighted by Gasteiger charge is 2.11. The summed E-state index contributed by atoms with van der Waals surface area (Å²) in [7, 11) is 0. The number of benzene rings is 2. The number of halogens is 3. The molecule has 2 aromatic carbocycles. The molecule has 0 radical (unpaired) electrons. The predicted octanol–water partition coefficient (Wildman–Crippen LogP) is 4.94. The SMILES string of the molecule is O=c1c(Br)c(OCc2ccc(Cl)cc2)ncn1Cc1ccc(Cl)cc1. The molecular weight excluding hydrogens is 427 g/mol. The van der Waals surface area contributed by atoms with Crippen LogP contribution in [0.3, 0.4) is 0 Å². The van der Waals surface area contributed by atoms with Crippen LogP contribution in [-0.4, -0.2) is 9.55 Å². The second-order valence-electron chi connectivity index (χ2n) is 5.34. The molecule has 0 unspecified atom stereocenters. The first-order chi connectivity index (χ1) is 12.0. The van der Waals surface area contributed by atoms with Crippen molar-refractivity contribution in [1.82, 2.24) is 9.55 Å². The number of nitrogens with zero attached hydrogens (tertiary/aromatic N) is 2. The summed E-state index contributed by atoms with van der Waals surface area (Å²) in [5, 5.41) is 1.31. The van der Waals surface area contributed by atoms with Gasteiger partial charge in [0.25, 0.3) is 5.56 Å². The maximum Gasteiger partial charge on any atom is 0.271 e. The standard InChI is InChI=1S/C18H13BrCl2N2O2/c19-16-17(25-10-13-3-7-15(21)8-4-13)22-11-23(18(16)24)9-12-1-5-14(20)6-2-12/h1-8,11H,9-10H2. The summed E-state index contributed by atoms with van der Waals surface area (Å²) < 4.78 is 7.42. The molecule has 7 heteroatoms. The van der Waals surface area contributed by atoms with E-state index in [4.69, 9.17) is 27.9 Å². The lowest BCUT2D eigenvalue weighted by Gasteiger charge is -2.10. The second kappa shape index (κ2) is 8.04. The first kappa shape index (κ1) is 18.0. The van der Waals surface area contributed by atoms with Crippen LogP contribution >= 0.6 is 39.1 Å². The molecular formula is C18H13BrCl2N2O2. The molecule has 1 heterocycles. The van der Waals surface area contributed by atoms with E-state index in [2.05, 4.69) is 20.9 Å². The molecule has 0 aliphatic heterocycles. The van der Waals surface area contributed by atoms with Crippen LogP contribution in [0.2, 0.25) is 10.0 Å². The quantitative estimate of drug-likeness (QED) is 0.565. The lowest BCUT2D eigenvalue weighted by atomic mass is 10.2. The van der Waals surface area contributed by atoms with E-state index in [0.29, 0.717) is 23.2 Å². The third-order valence-corrected chi connectivity index (χ3v) is 4.69. The van der Waals surface area contributed by atoms with Gasteiger partial charge in [-0.05, 0) is 51.3 Å². The molecule has 0 amide bonds. The summed E-state index contributed by atoms with van der Waals surface area (Å²) in [5.41, 5.74) is 1.68. The van der Waals surface area contributed by atoms with Gasteiger partial charge >= 0.3 is 0 Å². The van der Waals surface area contributed by atoms with Gasteiger partial charge < -0.3 is 4.74 Å². The number of rotatable bonds is 5. The molecule has 0 atom stereocenters. The van der Waals surface area contributed by atoms with Gasteiger partial charge in [-0.1, -0.05) is 47.5 Å². The third kappa shape index (κ3) is 4.63. The maximum atomic E-state index is 12.5. The minimum atomic E-state index is -0.212. The number of hydrogen-bond donors (Lipinski definition) is 0.